The van der Waals surface area contributed by atoms with Gasteiger partial charge in [-0.1, -0.05) is 29.8 Å². The lowest BCUT2D eigenvalue weighted by Gasteiger charge is -2.32. The van der Waals surface area contributed by atoms with Crippen LogP contribution in [0.15, 0.2) is 47.1 Å². The van der Waals surface area contributed by atoms with E-state index in [2.05, 4.69) is 22.0 Å². The lowest BCUT2D eigenvalue weighted by atomic mass is 9.99. The van der Waals surface area contributed by atoms with E-state index in [1.54, 1.807) is 6.26 Å². The van der Waals surface area contributed by atoms with Crippen LogP contribution in [-0.4, -0.2) is 18.1 Å². The molecule has 0 spiro atoms. The predicted molar refractivity (Wildman–Crippen MR) is 102 cm³/mol. The van der Waals surface area contributed by atoms with E-state index >= 15 is 0 Å². The van der Waals surface area contributed by atoms with Gasteiger partial charge in [0.25, 0.3) is 0 Å². The highest BCUT2D eigenvalue weighted by Crippen LogP contribution is 2.37. The van der Waals surface area contributed by atoms with Gasteiger partial charge in [-0.2, -0.15) is 0 Å². The Hall–Kier alpha value is -2.04. The molecule has 0 bridgehead atoms. The predicted octanol–water partition coefficient (Wildman–Crippen LogP) is 4.71. The van der Waals surface area contributed by atoms with E-state index in [1.807, 2.05) is 24.3 Å². The summed E-state index contributed by atoms with van der Waals surface area (Å²) in [7, 11) is 0. The standard InChI is InChI=1S/C20H22ClN3O/c21-20-15(13-16(22)18-9-6-12-25-18)19(24-10-4-1-5-11-24)14-7-2-3-8-17(14)23-20/h2-3,6-9,12,16H,1,4-5,10-11,13,22H2. The van der Waals surface area contributed by atoms with Crippen molar-refractivity contribution in [3.05, 3.63) is 59.1 Å². The van der Waals surface area contributed by atoms with E-state index in [0.717, 1.165) is 35.3 Å². The number of hydrogen-bond donors (Lipinski definition) is 1. The number of furan rings is 1. The highest BCUT2D eigenvalue weighted by atomic mass is 35.5. The van der Waals surface area contributed by atoms with Crippen molar-refractivity contribution in [2.75, 3.05) is 18.0 Å². The van der Waals surface area contributed by atoms with Crippen LogP contribution in [0.4, 0.5) is 5.69 Å². The molecule has 1 unspecified atom stereocenters. The van der Waals surface area contributed by atoms with Crippen molar-refractivity contribution in [1.82, 2.24) is 4.98 Å². The fraction of sp³-hybridized carbons (Fsp3) is 0.350. The highest BCUT2D eigenvalue weighted by Gasteiger charge is 2.23. The monoisotopic (exact) mass is 355 g/mol. The summed E-state index contributed by atoms with van der Waals surface area (Å²) in [6, 6.07) is 11.7. The summed E-state index contributed by atoms with van der Waals surface area (Å²) < 4.78 is 5.48. The van der Waals surface area contributed by atoms with Gasteiger partial charge in [0.2, 0.25) is 0 Å². The van der Waals surface area contributed by atoms with Gasteiger partial charge in [-0.15, -0.1) is 0 Å². The third-order valence-electron chi connectivity index (χ3n) is 4.92. The summed E-state index contributed by atoms with van der Waals surface area (Å²) in [6.07, 6.45) is 5.96. The number of halogens is 1. The summed E-state index contributed by atoms with van der Waals surface area (Å²) in [5.41, 5.74) is 9.53. The van der Waals surface area contributed by atoms with Gasteiger partial charge in [-0.3, -0.25) is 0 Å². The molecule has 1 aliphatic heterocycles. The molecule has 1 saturated heterocycles. The van der Waals surface area contributed by atoms with Crippen LogP contribution in [0, 0.1) is 0 Å². The molecule has 25 heavy (non-hydrogen) atoms. The number of piperidine rings is 1. The second kappa shape index (κ2) is 7.06. The number of rotatable bonds is 4. The van der Waals surface area contributed by atoms with Crippen molar-refractivity contribution in [1.29, 1.82) is 0 Å². The summed E-state index contributed by atoms with van der Waals surface area (Å²) in [5.74, 6) is 0.772. The van der Waals surface area contributed by atoms with E-state index in [0.29, 0.717) is 11.6 Å². The van der Waals surface area contributed by atoms with Crippen molar-refractivity contribution in [2.24, 2.45) is 5.73 Å². The van der Waals surface area contributed by atoms with E-state index in [1.165, 1.54) is 24.9 Å². The Bertz CT molecular complexity index is 857. The summed E-state index contributed by atoms with van der Waals surface area (Å²) in [5, 5.41) is 1.69. The number of benzene rings is 1. The Kier molecular flexibility index (Phi) is 4.64. The first-order valence-electron chi connectivity index (χ1n) is 8.85. The lowest BCUT2D eigenvalue weighted by Crippen LogP contribution is -2.31. The molecule has 1 atom stereocenters. The SMILES string of the molecule is NC(Cc1c(Cl)nc2ccccc2c1N1CCCCC1)c1ccco1. The lowest BCUT2D eigenvalue weighted by molar-refractivity contribution is 0.464. The number of pyridine rings is 1. The van der Waals surface area contributed by atoms with Gasteiger partial charge < -0.3 is 15.1 Å². The molecule has 2 N–H and O–H groups in total. The molecule has 4 nitrogen and oxygen atoms in total. The maximum atomic E-state index is 6.61. The zero-order chi connectivity index (χ0) is 17.2. The number of aromatic nitrogens is 1. The number of fused-ring (bicyclic) bond motifs is 1. The van der Waals surface area contributed by atoms with Crippen LogP contribution in [0.2, 0.25) is 5.15 Å². The molecule has 0 saturated carbocycles. The molecule has 0 amide bonds. The number of nitrogens with zero attached hydrogens (tertiary/aromatic N) is 2. The molecule has 130 valence electrons. The van der Waals surface area contributed by atoms with Gasteiger partial charge >= 0.3 is 0 Å². The average Bonchev–Trinajstić information content (AvgIpc) is 3.18. The number of nitrogens with two attached hydrogens (primary N) is 1. The highest BCUT2D eigenvalue weighted by molar-refractivity contribution is 6.31. The van der Waals surface area contributed by atoms with Crippen LogP contribution >= 0.6 is 11.6 Å². The Balaban J connectivity index is 1.82. The minimum atomic E-state index is -0.237. The molecular weight excluding hydrogens is 334 g/mol. The second-order valence-electron chi connectivity index (χ2n) is 6.62. The first-order chi connectivity index (χ1) is 12.2. The zero-order valence-electron chi connectivity index (χ0n) is 14.1. The Morgan fingerprint density at radius 2 is 1.92 bits per heavy atom. The third kappa shape index (κ3) is 3.24. The summed E-state index contributed by atoms with van der Waals surface area (Å²) in [6.45, 7) is 2.10. The zero-order valence-corrected chi connectivity index (χ0v) is 14.9. The van der Waals surface area contributed by atoms with Crippen LogP contribution < -0.4 is 10.6 Å². The summed E-state index contributed by atoms with van der Waals surface area (Å²) >= 11 is 6.61. The molecule has 1 aliphatic rings. The molecule has 0 radical (unpaired) electrons. The van der Waals surface area contributed by atoms with E-state index in [4.69, 9.17) is 21.8 Å². The maximum absolute atomic E-state index is 6.61. The number of anilines is 1. The molecule has 0 aliphatic carbocycles. The van der Waals surface area contributed by atoms with Crippen LogP contribution in [0.25, 0.3) is 10.9 Å². The minimum Gasteiger partial charge on any atom is -0.468 e. The Morgan fingerprint density at radius 3 is 2.68 bits per heavy atom. The first kappa shape index (κ1) is 16.4. The van der Waals surface area contributed by atoms with Crippen LogP contribution in [-0.2, 0) is 6.42 Å². The minimum absolute atomic E-state index is 0.237. The Morgan fingerprint density at radius 1 is 1.12 bits per heavy atom. The van der Waals surface area contributed by atoms with Crippen molar-refractivity contribution in [3.63, 3.8) is 0 Å². The van der Waals surface area contributed by atoms with Crippen LogP contribution in [0.1, 0.15) is 36.6 Å². The molecule has 1 fully saturated rings. The molecule has 5 heteroatoms. The quantitative estimate of drug-likeness (QED) is 0.688. The van der Waals surface area contributed by atoms with Crippen LogP contribution in [0.3, 0.4) is 0 Å². The number of hydrogen-bond acceptors (Lipinski definition) is 4. The number of para-hydroxylation sites is 1. The van der Waals surface area contributed by atoms with Gasteiger partial charge in [0, 0.05) is 24.0 Å². The largest absolute Gasteiger partial charge is 0.468 e. The van der Waals surface area contributed by atoms with Crippen molar-refractivity contribution >= 4 is 28.2 Å². The molecule has 2 aromatic heterocycles. The van der Waals surface area contributed by atoms with Gasteiger partial charge in [0.05, 0.1) is 23.5 Å². The van der Waals surface area contributed by atoms with Crippen LogP contribution in [0.5, 0.6) is 0 Å². The molecule has 1 aromatic carbocycles. The maximum Gasteiger partial charge on any atom is 0.135 e. The van der Waals surface area contributed by atoms with E-state index in [9.17, 15) is 0 Å². The van der Waals surface area contributed by atoms with E-state index in [-0.39, 0.29) is 6.04 Å². The van der Waals surface area contributed by atoms with Crippen molar-refractivity contribution in [3.8, 4) is 0 Å². The second-order valence-corrected chi connectivity index (χ2v) is 6.98. The Labute approximate surface area is 152 Å². The topological polar surface area (TPSA) is 55.3 Å². The van der Waals surface area contributed by atoms with Gasteiger partial charge in [0.1, 0.15) is 10.9 Å². The third-order valence-corrected chi connectivity index (χ3v) is 5.23. The molecule has 3 aromatic rings. The van der Waals surface area contributed by atoms with Gasteiger partial charge in [-0.05, 0) is 43.9 Å². The normalized spacial score (nSPS) is 16.3. The fourth-order valence-corrected chi connectivity index (χ4v) is 3.94. The molecule has 4 rings (SSSR count). The average molecular weight is 356 g/mol. The van der Waals surface area contributed by atoms with Crippen molar-refractivity contribution < 1.29 is 4.42 Å². The molecule has 3 heterocycles. The molecular formula is C20H22ClN3O. The van der Waals surface area contributed by atoms with Gasteiger partial charge in [-0.25, -0.2) is 4.98 Å². The smallest absolute Gasteiger partial charge is 0.135 e. The van der Waals surface area contributed by atoms with Gasteiger partial charge in [0.15, 0.2) is 0 Å². The van der Waals surface area contributed by atoms with Crippen molar-refractivity contribution in [2.45, 2.75) is 31.7 Å². The fourth-order valence-electron chi connectivity index (χ4n) is 3.69. The first-order valence-corrected chi connectivity index (χ1v) is 9.23. The summed E-state index contributed by atoms with van der Waals surface area (Å²) in [4.78, 5) is 7.07. The van der Waals surface area contributed by atoms with E-state index < -0.39 is 0 Å².